The standard InChI is InChI=1S/C11H11NO3/c1-3-15-11(14)9-5-4-6-10(8(9)2)12-7-13/h4-6H,3H2,1-2H3. The number of carbonyl (C=O) groups is 1. The van der Waals surface area contributed by atoms with E-state index in [-0.39, 0.29) is 0 Å². The SMILES string of the molecule is CCOC(=O)c1cccc(N=C=O)c1C. The van der Waals surface area contributed by atoms with Gasteiger partial charge in [0.2, 0.25) is 6.08 Å². The molecule has 0 heterocycles. The Hall–Kier alpha value is -1.93. The molecule has 0 N–H and O–H groups in total. The summed E-state index contributed by atoms with van der Waals surface area (Å²) in [5, 5.41) is 0. The molecule has 4 heteroatoms. The lowest BCUT2D eigenvalue weighted by atomic mass is 10.1. The fraction of sp³-hybridized carbons (Fsp3) is 0.273. The molecule has 1 aromatic rings. The first-order chi connectivity index (χ1) is 7.20. The third-order valence-corrected chi connectivity index (χ3v) is 1.97. The van der Waals surface area contributed by atoms with Gasteiger partial charge in [0.1, 0.15) is 0 Å². The molecule has 0 unspecified atom stereocenters. The maximum Gasteiger partial charge on any atom is 0.338 e. The summed E-state index contributed by atoms with van der Waals surface area (Å²) in [4.78, 5) is 25.1. The summed E-state index contributed by atoms with van der Waals surface area (Å²) >= 11 is 0. The van der Waals surface area contributed by atoms with Crippen LogP contribution in [0.2, 0.25) is 0 Å². The molecule has 15 heavy (non-hydrogen) atoms. The number of rotatable bonds is 3. The number of hydrogen-bond donors (Lipinski definition) is 0. The molecule has 4 nitrogen and oxygen atoms in total. The van der Waals surface area contributed by atoms with Crippen molar-refractivity contribution in [3.63, 3.8) is 0 Å². The Morgan fingerprint density at radius 2 is 2.27 bits per heavy atom. The maximum atomic E-state index is 11.5. The van der Waals surface area contributed by atoms with E-state index in [9.17, 15) is 9.59 Å². The van der Waals surface area contributed by atoms with E-state index >= 15 is 0 Å². The molecule has 0 amide bonds. The predicted octanol–water partition coefficient (Wildman–Crippen LogP) is 2.14. The zero-order chi connectivity index (χ0) is 11.3. The Bertz CT molecular complexity index is 420. The van der Waals surface area contributed by atoms with Gasteiger partial charge < -0.3 is 4.74 Å². The molecule has 78 valence electrons. The summed E-state index contributed by atoms with van der Waals surface area (Å²) in [6.07, 6.45) is 1.45. The summed E-state index contributed by atoms with van der Waals surface area (Å²) in [7, 11) is 0. The lowest BCUT2D eigenvalue weighted by Crippen LogP contribution is -2.06. The molecule has 1 aromatic carbocycles. The first-order valence-electron chi connectivity index (χ1n) is 4.55. The number of aliphatic imine (C=N–C) groups is 1. The first-order valence-corrected chi connectivity index (χ1v) is 4.55. The quantitative estimate of drug-likeness (QED) is 0.431. The minimum Gasteiger partial charge on any atom is -0.462 e. The summed E-state index contributed by atoms with van der Waals surface area (Å²) in [6, 6.07) is 4.93. The lowest BCUT2D eigenvalue weighted by Gasteiger charge is -2.06. The fourth-order valence-corrected chi connectivity index (χ4v) is 1.22. The zero-order valence-corrected chi connectivity index (χ0v) is 8.61. The molecule has 0 aliphatic rings. The van der Waals surface area contributed by atoms with Gasteiger partial charge in [-0.3, -0.25) is 0 Å². The largest absolute Gasteiger partial charge is 0.462 e. The van der Waals surface area contributed by atoms with Crippen LogP contribution in [-0.4, -0.2) is 18.7 Å². The Labute approximate surface area is 87.6 Å². The van der Waals surface area contributed by atoms with Gasteiger partial charge in [-0.15, -0.1) is 0 Å². The van der Waals surface area contributed by atoms with Crippen molar-refractivity contribution in [1.29, 1.82) is 0 Å². The third kappa shape index (κ3) is 2.51. The number of carbonyl (C=O) groups excluding carboxylic acids is 2. The normalized spacial score (nSPS) is 9.20. The van der Waals surface area contributed by atoms with E-state index in [1.807, 2.05) is 0 Å². The molecule has 0 radical (unpaired) electrons. The van der Waals surface area contributed by atoms with Crippen LogP contribution in [0.15, 0.2) is 23.2 Å². The predicted molar refractivity (Wildman–Crippen MR) is 54.9 cm³/mol. The van der Waals surface area contributed by atoms with E-state index < -0.39 is 5.97 Å². The van der Waals surface area contributed by atoms with Crippen molar-refractivity contribution in [2.45, 2.75) is 13.8 Å². The summed E-state index contributed by atoms with van der Waals surface area (Å²) in [5.41, 5.74) is 1.49. The van der Waals surface area contributed by atoms with Crippen molar-refractivity contribution in [2.75, 3.05) is 6.61 Å². The molecular formula is C11H11NO3. The maximum absolute atomic E-state index is 11.5. The third-order valence-electron chi connectivity index (χ3n) is 1.97. The van der Waals surface area contributed by atoms with Crippen LogP contribution in [0, 0.1) is 6.92 Å². The van der Waals surface area contributed by atoms with Crippen LogP contribution < -0.4 is 0 Å². The van der Waals surface area contributed by atoms with E-state index in [4.69, 9.17) is 4.74 Å². The number of nitrogens with zero attached hydrogens (tertiary/aromatic N) is 1. The molecule has 0 saturated heterocycles. The summed E-state index contributed by atoms with van der Waals surface area (Å²) in [6.45, 7) is 3.77. The second-order valence-electron chi connectivity index (χ2n) is 2.87. The van der Waals surface area contributed by atoms with Gasteiger partial charge in [0.05, 0.1) is 17.9 Å². The number of benzene rings is 1. The topological polar surface area (TPSA) is 55.7 Å². The van der Waals surface area contributed by atoms with Crippen LogP contribution in [0.1, 0.15) is 22.8 Å². The minimum atomic E-state index is -0.405. The van der Waals surface area contributed by atoms with Crippen LogP contribution >= 0.6 is 0 Å². The zero-order valence-electron chi connectivity index (χ0n) is 8.61. The Morgan fingerprint density at radius 1 is 1.53 bits per heavy atom. The molecule has 0 fully saturated rings. The fourth-order valence-electron chi connectivity index (χ4n) is 1.22. The smallest absolute Gasteiger partial charge is 0.338 e. The van der Waals surface area contributed by atoms with Crippen molar-refractivity contribution in [2.24, 2.45) is 4.99 Å². The molecule has 0 saturated carbocycles. The van der Waals surface area contributed by atoms with Gasteiger partial charge in [0, 0.05) is 0 Å². The second-order valence-corrected chi connectivity index (χ2v) is 2.87. The molecule has 0 bridgehead atoms. The van der Waals surface area contributed by atoms with Gasteiger partial charge >= 0.3 is 5.97 Å². The number of hydrogen-bond acceptors (Lipinski definition) is 4. The second kappa shape index (κ2) is 5.08. The van der Waals surface area contributed by atoms with E-state index in [2.05, 4.69) is 4.99 Å². The van der Waals surface area contributed by atoms with E-state index in [0.717, 1.165) is 0 Å². The molecule has 0 atom stereocenters. The molecule has 0 aliphatic heterocycles. The van der Waals surface area contributed by atoms with Crippen LogP contribution in [0.4, 0.5) is 5.69 Å². The summed E-state index contributed by atoms with van der Waals surface area (Å²) < 4.78 is 4.86. The van der Waals surface area contributed by atoms with Crippen LogP contribution in [0.3, 0.4) is 0 Å². The Kier molecular flexibility index (Phi) is 3.77. The van der Waals surface area contributed by atoms with Crippen LogP contribution in [-0.2, 0) is 9.53 Å². The van der Waals surface area contributed by atoms with Gasteiger partial charge in [-0.2, -0.15) is 4.99 Å². The van der Waals surface area contributed by atoms with Crippen molar-refractivity contribution in [3.05, 3.63) is 29.3 Å². The summed E-state index contributed by atoms with van der Waals surface area (Å²) in [5.74, 6) is -0.405. The van der Waals surface area contributed by atoms with Crippen LogP contribution in [0.5, 0.6) is 0 Å². The number of ether oxygens (including phenoxy) is 1. The van der Waals surface area contributed by atoms with E-state index in [0.29, 0.717) is 23.4 Å². The first kappa shape index (κ1) is 11.1. The lowest BCUT2D eigenvalue weighted by molar-refractivity contribution is 0.0525. The molecule has 0 aliphatic carbocycles. The van der Waals surface area contributed by atoms with Gasteiger partial charge in [-0.1, -0.05) is 6.07 Å². The molecule has 0 spiro atoms. The van der Waals surface area contributed by atoms with Crippen molar-refractivity contribution in [3.8, 4) is 0 Å². The van der Waals surface area contributed by atoms with Crippen molar-refractivity contribution in [1.82, 2.24) is 0 Å². The van der Waals surface area contributed by atoms with Crippen LogP contribution in [0.25, 0.3) is 0 Å². The Balaban J connectivity index is 3.14. The highest BCUT2D eigenvalue weighted by molar-refractivity contribution is 5.92. The minimum absolute atomic E-state index is 0.319. The molecular weight excluding hydrogens is 194 g/mol. The number of isocyanates is 1. The monoisotopic (exact) mass is 205 g/mol. The van der Waals surface area contributed by atoms with Gasteiger partial charge in [-0.25, -0.2) is 9.59 Å². The molecule has 0 aromatic heterocycles. The average Bonchev–Trinajstić information content (AvgIpc) is 2.22. The Morgan fingerprint density at radius 3 is 2.87 bits per heavy atom. The highest BCUT2D eigenvalue weighted by Crippen LogP contribution is 2.21. The van der Waals surface area contributed by atoms with Gasteiger partial charge in [0.25, 0.3) is 0 Å². The molecule has 1 rings (SSSR count). The van der Waals surface area contributed by atoms with Crippen molar-refractivity contribution < 1.29 is 14.3 Å². The number of esters is 1. The van der Waals surface area contributed by atoms with Gasteiger partial charge in [0.15, 0.2) is 0 Å². The highest BCUT2D eigenvalue weighted by atomic mass is 16.5. The van der Waals surface area contributed by atoms with Gasteiger partial charge in [-0.05, 0) is 31.5 Å². The van der Waals surface area contributed by atoms with Crippen molar-refractivity contribution >= 4 is 17.7 Å². The average molecular weight is 205 g/mol. The van der Waals surface area contributed by atoms with E-state index in [1.165, 1.54) is 6.08 Å². The van der Waals surface area contributed by atoms with E-state index in [1.54, 1.807) is 32.0 Å². The highest BCUT2D eigenvalue weighted by Gasteiger charge is 2.11.